The number of hydrogen-bond acceptors (Lipinski definition) is 2. The molecule has 0 saturated heterocycles. The van der Waals surface area contributed by atoms with Gasteiger partial charge in [-0.1, -0.05) is 0 Å². The van der Waals surface area contributed by atoms with Crippen molar-refractivity contribution in [1.29, 1.82) is 0 Å². The molecule has 1 amide bonds. The third-order valence-electron chi connectivity index (χ3n) is 3.05. The summed E-state index contributed by atoms with van der Waals surface area (Å²) in [6.07, 6.45) is 3.08. The molecule has 0 radical (unpaired) electrons. The van der Waals surface area contributed by atoms with Crippen LogP contribution in [0.3, 0.4) is 0 Å². The van der Waals surface area contributed by atoms with Gasteiger partial charge in [-0.2, -0.15) is 0 Å². The molecular weight excluding hydrogens is 281 g/mol. The van der Waals surface area contributed by atoms with Crippen molar-refractivity contribution in [3.63, 3.8) is 0 Å². The van der Waals surface area contributed by atoms with Crippen LogP contribution in [0.5, 0.6) is 0 Å². The first-order valence-corrected chi connectivity index (χ1v) is 6.37. The molecular formula is C14H19ClFN3O. The number of H-pyrrole nitrogens is 1. The van der Waals surface area contributed by atoms with E-state index >= 15 is 0 Å². The lowest BCUT2D eigenvalue weighted by Gasteiger charge is -2.04. The summed E-state index contributed by atoms with van der Waals surface area (Å²) in [5.41, 5.74) is 1.88. The van der Waals surface area contributed by atoms with Crippen LogP contribution in [0.4, 0.5) is 4.39 Å². The number of hydrogen-bond donors (Lipinski definition) is 3. The number of amides is 1. The van der Waals surface area contributed by atoms with Crippen LogP contribution >= 0.6 is 12.4 Å². The van der Waals surface area contributed by atoms with Crippen molar-refractivity contribution in [3.8, 4) is 0 Å². The largest absolute Gasteiger partial charge is 0.361 e. The highest BCUT2D eigenvalue weighted by molar-refractivity contribution is 5.85. The number of carbonyl (C=O) groups is 1. The van der Waals surface area contributed by atoms with E-state index in [0.29, 0.717) is 19.5 Å². The van der Waals surface area contributed by atoms with E-state index in [2.05, 4.69) is 15.6 Å². The van der Waals surface area contributed by atoms with Gasteiger partial charge in [0.2, 0.25) is 5.91 Å². The first kappa shape index (κ1) is 16.5. The SMILES string of the molecule is CNCCC(=O)NCCc1c[nH]c2cc(F)ccc12.Cl. The minimum absolute atomic E-state index is 0. The topological polar surface area (TPSA) is 56.9 Å². The zero-order chi connectivity index (χ0) is 13.7. The van der Waals surface area contributed by atoms with Gasteiger partial charge < -0.3 is 15.6 Å². The van der Waals surface area contributed by atoms with E-state index in [4.69, 9.17) is 0 Å². The molecule has 20 heavy (non-hydrogen) atoms. The molecule has 1 aromatic heterocycles. The number of rotatable bonds is 6. The lowest BCUT2D eigenvalue weighted by Crippen LogP contribution is -2.28. The van der Waals surface area contributed by atoms with Gasteiger partial charge in [0.1, 0.15) is 5.82 Å². The molecule has 0 aliphatic carbocycles. The van der Waals surface area contributed by atoms with Crippen molar-refractivity contribution in [2.75, 3.05) is 20.1 Å². The molecule has 2 aromatic rings. The van der Waals surface area contributed by atoms with Crippen LogP contribution in [-0.4, -0.2) is 31.0 Å². The Hall–Kier alpha value is -1.59. The predicted octanol–water partition coefficient (Wildman–Crippen LogP) is 2.00. The summed E-state index contributed by atoms with van der Waals surface area (Å²) in [6.45, 7) is 1.27. The maximum absolute atomic E-state index is 13.0. The van der Waals surface area contributed by atoms with E-state index in [1.807, 2.05) is 13.2 Å². The van der Waals surface area contributed by atoms with Crippen molar-refractivity contribution >= 4 is 29.2 Å². The van der Waals surface area contributed by atoms with Crippen molar-refractivity contribution in [3.05, 3.63) is 35.8 Å². The first-order valence-electron chi connectivity index (χ1n) is 6.37. The molecule has 3 N–H and O–H groups in total. The summed E-state index contributed by atoms with van der Waals surface area (Å²) in [4.78, 5) is 14.5. The fraction of sp³-hybridized carbons (Fsp3) is 0.357. The van der Waals surface area contributed by atoms with Crippen LogP contribution < -0.4 is 10.6 Å². The highest BCUT2D eigenvalue weighted by Crippen LogP contribution is 2.19. The zero-order valence-corrected chi connectivity index (χ0v) is 12.1. The molecule has 0 spiro atoms. The normalized spacial score (nSPS) is 10.3. The maximum Gasteiger partial charge on any atom is 0.221 e. The Balaban J connectivity index is 0.00000200. The monoisotopic (exact) mass is 299 g/mol. The number of halogens is 2. The third kappa shape index (κ3) is 4.21. The Labute approximate surface area is 123 Å². The second-order valence-electron chi connectivity index (χ2n) is 4.46. The smallest absolute Gasteiger partial charge is 0.221 e. The van der Waals surface area contributed by atoms with Crippen molar-refractivity contribution in [2.24, 2.45) is 0 Å². The third-order valence-corrected chi connectivity index (χ3v) is 3.05. The van der Waals surface area contributed by atoms with Crippen molar-refractivity contribution in [1.82, 2.24) is 15.6 Å². The average molecular weight is 300 g/mol. The van der Waals surface area contributed by atoms with Gasteiger partial charge in [-0.05, 0) is 37.2 Å². The summed E-state index contributed by atoms with van der Waals surface area (Å²) < 4.78 is 13.0. The van der Waals surface area contributed by atoms with E-state index in [0.717, 1.165) is 22.9 Å². The van der Waals surface area contributed by atoms with E-state index in [1.54, 1.807) is 6.07 Å². The number of nitrogens with one attached hydrogen (secondary N) is 3. The molecule has 0 fully saturated rings. The molecule has 0 atom stereocenters. The zero-order valence-electron chi connectivity index (χ0n) is 11.3. The fourth-order valence-corrected chi connectivity index (χ4v) is 2.03. The summed E-state index contributed by atoms with van der Waals surface area (Å²) in [5, 5.41) is 6.80. The molecule has 0 bridgehead atoms. The number of benzene rings is 1. The summed E-state index contributed by atoms with van der Waals surface area (Å²) >= 11 is 0. The van der Waals surface area contributed by atoms with Gasteiger partial charge in [0, 0.05) is 36.6 Å². The molecule has 110 valence electrons. The van der Waals surface area contributed by atoms with Crippen LogP contribution in [0.1, 0.15) is 12.0 Å². The molecule has 2 rings (SSSR count). The van der Waals surface area contributed by atoms with E-state index in [9.17, 15) is 9.18 Å². The Morgan fingerprint density at radius 1 is 1.35 bits per heavy atom. The fourth-order valence-electron chi connectivity index (χ4n) is 2.03. The molecule has 0 aliphatic rings. The van der Waals surface area contributed by atoms with Crippen LogP contribution in [0, 0.1) is 5.82 Å². The molecule has 4 nitrogen and oxygen atoms in total. The molecule has 1 heterocycles. The van der Waals surface area contributed by atoms with E-state index < -0.39 is 0 Å². The van der Waals surface area contributed by atoms with E-state index in [-0.39, 0.29) is 24.1 Å². The van der Waals surface area contributed by atoms with Gasteiger partial charge in [0.25, 0.3) is 0 Å². The van der Waals surface area contributed by atoms with Crippen LogP contribution in [0.25, 0.3) is 10.9 Å². The summed E-state index contributed by atoms with van der Waals surface area (Å²) in [7, 11) is 1.82. The van der Waals surface area contributed by atoms with Gasteiger partial charge >= 0.3 is 0 Å². The van der Waals surface area contributed by atoms with Crippen molar-refractivity contribution < 1.29 is 9.18 Å². The van der Waals surface area contributed by atoms with Gasteiger partial charge in [0.05, 0.1) is 0 Å². The minimum atomic E-state index is -0.249. The summed E-state index contributed by atoms with van der Waals surface area (Å²) in [5.74, 6) is -0.207. The van der Waals surface area contributed by atoms with Gasteiger partial charge in [-0.25, -0.2) is 4.39 Å². The second-order valence-corrected chi connectivity index (χ2v) is 4.46. The number of fused-ring (bicyclic) bond motifs is 1. The van der Waals surface area contributed by atoms with Crippen molar-refractivity contribution in [2.45, 2.75) is 12.8 Å². The minimum Gasteiger partial charge on any atom is -0.361 e. The Bertz CT molecular complexity index is 571. The highest BCUT2D eigenvalue weighted by Gasteiger charge is 2.05. The molecule has 1 aromatic carbocycles. The standard InChI is InChI=1S/C14H18FN3O.ClH/c1-16-6-5-14(19)17-7-4-10-9-18-13-8-11(15)2-3-12(10)13;/h2-3,8-9,16,18H,4-7H2,1H3,(H,17,19);1H. The van der Waals surface area contributed by atoms with Gasteiger partial charge in [-0.3, -0.25) is 4.79 Å². The molecule has 0 saturated carbocycles. The van der Waals surface area contributed by atoms with E-state index in [1.165, 1.54) is 12.1 Å². The quantitative estimate of drug-likeness (QED) is 0.764. The summed E-state index contributed by atoms with van der Waals surface area (Å²) in [6, 6.07) is 4.69. The second kappa shape index (κ2) is 7.87. The highest BCUT2D eigenvalue weighted by atomic mass is 35.5. The average Bonchev–Trinajstić information content (AvgIpc) is 2.79. The number of carbonyl (C=O) groups excluding carboxylic acids is 1. The van der Waals surface area contributed by atoms with Crippen LogP contribution in [-0.2, 0) is 11.2 Å². The number of aromatic nitrogens is 1. The Morgan fingerprint density at radius 2 is 2.15 bits per heavy atom. The van der Waals surface area contributed by atoms with Gasteiger partial charge in [0.15, 0.2) is 0 Å². The molecule has 6 heteroatoms. The molecule has 0 aliphatic heterocycles. The lowest BCUT2D eigenvalue weighted by atomic mass is 10.1. The van der Waals surface area contributed by atoms with Crippen LogP contribution in [0.2, 0.25) is 0 Å². The predicted molar refractivity (Wildman–Crippen MR) is 80.8 cm³/mol. The Morgan fingerprint density at radius 3 is 2.90 bits per heavy atom. The molecule has 0 unspecified atom stereocenters. The van der Waals surface area contributed by atoms with Gasteiger partial charge in [-0.15, -0.1) is 12.4 Å². The Kier molecular flexibility index (Phi) is 6.48. The lowest BCUT2D eigenvalue weighted by molar-refractivity contribution is -0.120. The number of aromatic amines is 1. The van der Waals surface area contributed by atoms with Crippen LogP contribution in [0.15, 0.2) is 24.4 Å². The first-order chi connectivity index (χ1) is 9.20. The maximum atomic E-state index is 13.0.